The predicted molar refractivity (Wildman–Crippen MR) is 93.1 cm³/mol. The van der Waals surface area contributed by atoms with E-state index in [2.05, 4.69) is 29.2 Å². The quantitative estimate of drug-likeness (QED) is 0.662. The molecule has 114 valence electrons. The van der Waals surface area contributed by atoms with Crippen LogP contribution in [0.1, 0.15) is 28.5 Å². The van der Waals surface area contributed by atoms with Crippen molar-refractivity contribution < 1.29 is 9.53 Å². The smallest absolute Gasteiger partial charge is 0.340 e. The van der Waals surface area contributed by atoms with Crippen LogP contribution in [0, 0.1) is 0 Å². The van der Waals surface area contributed by atoms with Gasteiger partial charge in [0.1, 0.15) is 0 Å². The van der Waals surface area contributed by atoms with Gasteiger partial charge in [0.05, 0.1) is 17.9 Å². The van der Waals surface area contributed by atoms with Gasteiger partial charge in [-0.15, -0.1) is 0 Å². The van der Waals surface area contributed by atoms with E-state index in [1.54, 1.807) is 25.3 Å². The molecule has 0 atom stereocenters. The molecule has 0 saturated heterocycles. The van der Waals surface area contributed by atoms with Gasteiger partial charge in [-0.3, -0.25) is 4.98 Å². The number of nitrogens with zero attached hydrogens (tertiary/aromatic N) is 1. The van der Waals surface area contributed by atoms with Gasteiger partial charge < -0.3 is 4.74 Å². The second-order valence-corrected chi connectivity index (χ2v) is 5.10. The van der Waals surface area contributed by atoms with Crippen LogP contribution in [0.5, 0.6) is 0 Å². The Labute approximate surface area is 135 Å². The number of fused-ring (bicyclic) bond motifs is 1. The van der Waals surface area contributed by atoms with Crippen LogP contribution in [-0.4, -0.2) is 17.6 Å². The molecule has 3 rings (SSSR count). The molecule has 0 N–H and O–H groups in total. The maximum absolute atomic E-state index is 12.0. The van der Waals surface area contributed by atoms with E-state index in [0.717, 1.165) is 5.56 Å². The molecule has 1 heterocycles. The van der Waals surface area contributed by atoms with Crippen LogP contribution >= 0.6 is 0 Å². The molecule has 23 heavy (non-hydrogen) atoms. The highest BCUT2D eigenvalue weighted by Gasteiger charge is 2.10. The molecule has 0 amide bonds. The molecule has 0 saturated carbocycles. The number of ether oxygens (including phenoxy) is 1. The summed E-state index contributed by atoms with van der Waals surface area (Å²) in [7, 11) is 0. The van der Waals surface area contributed by atoms with Crippen LogP contribution in [0.25, 0.3) is 22.9 Å². The molecule has 3 heteroatoms. The number of pyridine rings is 1. The first-order valence-electron chi connectivity index (χ1n) is 7.57. The average molecular weight is 303 g/mol. The second kappa shape index (κ2) is 6.88. The molecule has 0 radical (unpaired) electrons. The van der Waals surface area contributed by atoms with Gasteiger partial charge in [0.25, 0.3) is 0 Å². The first-order chi connectivity index (χ1) is 11.3. The van der Waals surface area contributed by atoms with E-state index in [1.165, 1.54) is 10.8 Å². The normalized spacial score (nSPS) is 11.0. The Balaban J connectivity index is 1.91. The molecule has 3 nitrogen and oxygen atoms in total. The van der Waals surface area contributed by atoms with Crippen LogP contribution in [0.3, 0.4) is 0 Å². The molecule has 3 aromatic rings. The van der Waals surface area contributed by atoms with Crippen molar-refractivity contribution in [2.45, 2.75) is 6.92 Å². The lowest BCUT2D eigenvalue weighted by molar-refractivity contribution is 0.0525. The number of carbonyl (C=O) groups is 1. The lowest BCUT2D eigenvalue weighted by Crippen LogP contribution is -2.07. The molecule has 0 aliphatic carbocycles. The Bertz CT molecular complexity index is 868. The Kier molecular flexibility index (Phi) is 4.48. The van der Waals surface area contributed by atoms with Crippen LogP contribution in [0.4, 0.5) is 0 Å². The van der Waals surface area contributed by atoms with E-state index in [1.807, 2.05) is 30.4 Å². The molecule has 0 fully saturated rings. The van der Waals surface area contributed by atoms with E-state index in [0.29, 0.717) is 17.9 Å². The number of carbonyl (C=O) groups excluding carboxylic acids is 1. The minimum Gasteiger partial charge on any atom is -0.462 e. The molecule has 0 aliphatic rings. The monoisotopic (exact) mass is 303 g/mol. The van der Waals surface area contributed by atoms with Crippen LogP contribution in [0.2, 0.25) is 0 Å². The van der Waals surface area contributed by atoms with E-state index in [4.69, 9.17) is 4.74 Å². The zero-order valence-corrected chi connectivity index (χ0v) is 12.9. The maximum atomic E-state index is 12.0. The van der Waals surface area contributed by atoms with Crippen molar-refractivity contribution in [1.82, 2.24) is 4.98 Å². The average Bonchev–Trinajstić information content (AvgIpc) is 2.60. The second-order valence-electron chi connectivity index (χ2n) is 5.10. The van der Waals surface area contributed by atoms with Gasteiger partial charge in [-0.2, -0.15) is 0 Å². The summed E-state index contributed by atoms with van der Waals surface area (Å²) in [6, 6.07) is 17.9. The van der Waals surface area contributed by atoms with Gasteiger partial charge in [-0.1, -0.05) is 42.5 Å². The highest BCUT2D eigenvalue weighted by molar-refractivity contribution is 5.94. The van der Waals surface area contributed by atoms with Gasteiger partial charge in [0.15, 0.2) is 0 Å². The third-order valence-corrected chi connectivity index (χ3v) is 3.54. The molecular weight excluding hydrogens is 286 g/mol. The Morgan fingerprint density at radius 3 is 2.70 bits per heavy atom. The number of esters is 1. The van der Waals surface area contributed by atoms with E-state index in [-0.39, 0.29) is 5.97 Å². The first-order valence-corrected chi connectivity index (χ1v) is 7.57. The molecule has 0 spiro atoms. The van der Waals surface area contributed by atoms with Crippen molar-refractivity contribution in [2.75, 3.05) is 6.61 Å². The van der Waals surface area contributed by atoms with Crippen LogP contribution in [0.15, 0.2) is 60.8 Å². The Morgan fingerprint density at radius 2 is 1.87 bits per heavy atom. The summed E-state index contributed by atoms with van der Waals surface area (Å²) in [4.78, 5) is 16.2. The van der Waals surface area contributed by atoms with Crippen molar-refractivity contribution in [3.05, 3.63) is 77.6 Å². The fraction of sp³-hybridized carbons (Fsp3) is 0.100. The number of rotatable bonds is 4. The van der Waals surface area contributed by atoms with Crippen molar-refractivity contribution in [1.29, 1.82) is 0 Å². The van der Waals surface area contributed by atoms with Crippen LogP contribution < -0.4 is 0 Å². The van der Waals surface area contributed by atoms with Gasteiger partial charge in [-0.25, -0.2) is 4.79 Å². The van der Waals surface area contributed by atoms with Gasteiger partial charge in [0, 0.05) is 6.20 Å². The summed E-state index contributed by atoms with van der Waals surface area (Å²) in [6.07, 6.45) is 5.47. The minimum atomic E-state index is -0.348. The molecule has 0 aliphatic heterocycles. The molecule has 2 aromatic carbocycles. The zero-order valence-electron chi connectivity index (χ0n) is 12.9. The summed E-state index contributed by atoms with van der Waals surface area (Å²) >= 11 is 0. The molecule has 0 bridgehead atoms. The number of aromatic nitrogens is 1. The predicted octanol–water partition coefficient (Wildman–Crippen LogP) is 4.58. The van der Waals surface area contributed by atoms with Crippen LogP contribution in [-0.2, 0) is 4.74 Å². The summed E-state index contributed by atoms with van der Waals surface area (Å²) in [5.41, 5.74) is 2.15. The minimum absolute atomic E-state index is 0.348. The number of hydrogen-bond donors (Lipinski definition) is 0. The van der Waals surface area contributed by atoms with E-state index >= 15 is 0 Å². The van der Waals surface area contributed by atoms with Gasteiger partial charge in [-0.05, 0) is 47.5 Å². The number of hydrogen-bond acceptors (Lipinski definition) is 3. The topological polar surface area (TPSA) is 39.2 Å². The Hall–Kier alpha value is -2.94. The summed E-state index contributed by atoms with van der Waals surface area (Å²) < 4.78 is 5.07. The lowest BCUT2D eigenvalue weighted by atomic mass is 10.1. The van der Waals surface area contributed by atoms with Gasteiger partial charge in [0.2, 0.25) is 0 Å². The fourth-order valence-electron chi connectivity index (χ4n) is 2.42. The van der Waals surface area contributed by atoms with Gasteiger partial charge >= 0.3 is 5.97 Å². The summed E-state index contributed by atoms with van der Waals surface area (Å²) in [5, 5.41) is 2.39. The highest BCUT2D eigenvalue weighted by Crippen LogP contribution is 2.18. The highest BCUT2D eigenvalue weighted by atomic mass is 16.5. The standard InChI is InChI=1S/C20H17NO2/c1-2-23-20(22)18-8-5-13-21-19(18)12-10-15-9-11-16-6-3-4-7-17(16)14-15/h3-14H,2H2,1H3/b12-10+. The lowest BCUT2D eigenvalue weighted by Gasteiger charge is -2.04. The molecule has 1 aromatic heterocycles. The van der Waals surface area contributed by atoms with Crippen molar-refractivity contribution in [3.8, 4) is 0 Å². The van der Waals surface area contributed by atoms with Crippen molar-refractivity contribution in [2.24, 2.45) is 0 Å². The Morgan fingerprint density at radius 1 is 1.04 bits per heavy atom. The zero-order chi connectivity index (χ0) is 16.1. The largest absolute Gasteiger partial charge is 0.462 e. The molecule has 0 unspecified atom stereocenters. The van der Waals surface area contributed by atoms with Crippen molar-refractivity contribution in [3.63, 3.8) is 0 Å². The SMILES string of the molecule is CCOC(=O)c1cccnc1/C=C/c1ccc2ccccc2c1. The summed E-state index contributed by atoms with van der Waals surface area (Å²) in [5.74, 6) is -0.348. The van der Waals surface area contributed by atoms with E-state index < -0.39 is 0 Å². The third kappa shape index (κ3) is 3.46. The van der Waals surface area contributed by atoms with E-state index in [9.17, 15) is 4.79 Å². The number of benzene rings is 2. The fourth-order valence-corrected chi connectivity index (χ4v) is 2.42. The summed E-state index contributed by atoms with van der Waals surface area (Å²) in [6.45, 7) is 2.14. The first kappa shape index (κ1) is 15.0. The maximum Gasteiger partial charge on any atom is 0.340 e. The molecular formula is C20H17NO2. The third-order valence-electron chi connectivity index (χ3n) is 3.54. The van der Waals surface area contributed by atoms with Crippen molar-refractivity contribution >= 4 is 28.9 Å².